The average Bonchev–Trinajstić information content (AvgIpc) is 3.53. The van der Waals surface area contributed by atoms with Crippen LogP contribution < -0.4 is 14.5 Å². The van der Waals surface area contributed by atoms with Gasteiger partial charge in [0.15, 0.2) is 0 Å². The summed E-state index contributed by atoms with van der Waals surface area (Å²) in [5.41, 5.74) is 3.10. The summed E-state index contributed by atoms with van der Waals surface area (Å²) in [5, 5.41) is 0. The summed E-state index contributed by atoms with van der Waals surface area (Å²) in [6, 6.07) is 6.26. The lowest BCUT2D eigenvalue weighted by Crippen LogP contribution is -2.37. The van der Waals surface area contributed by atoms with Gasteiger partial charge in [0.25, 0.3) is 0 Å². The van der Waals surface area contributed by atoms with Crippen molar-refractivity contribution in [2.75, 3.05) is 16.9 Å². The van der Waals surface area contributed by atoms with Crippen molar-refractivity contribution < 1.29 is 9.53 Å². The molecule has 2 aromatic rings. The van der Waals surface area contributed by atoms with Crippen LogP contribution in [0.1, 0.15) is 30.7 Å². The number of aromatic nitrogens is 2. The monoisotopic (exact) mass is 322 g/mol. The van der Waals surface area contributed by atoms with Crippen molar-refractivity contribution in [2.45, 2.75) is 37.3 Å². The van der Waals surface area contributed by atoms with Gasteiger partial charge >= 0.3 is 6.03 Å². The first-order valence-corrected chi connectivity index (χ1v) is 8.34. The Bertz CT molecular complexity index is 820. The van der Waals surface area contributed by atoms with Crippen LogP contribution in [0.2, 0.25) is 0 Å². The van der Waals surface area contributed by atoms with E-state index in [1.165, 1.54) is 18.4 Å². The molecule has 0 unspecified atom stereocenters. The molecular formula is C18H18N4O2. The Morgan fingerprint density at radius 2 is 2.00 bits per heavy atom. The van der Waals surface area contributed by atoms with Gasteiger partial charge in [-0.3, -0.25) is 14.8 Å². The first kappa shape index (κ1) is 13.8. The highest BCUT2D eigenvalue weighted by Crippen LogP contribution is 2.50. The Hall–Kier alpha value is -2.63. The van der Waals surface area contributed by atoms with Crippen LogP contribution in [0.25, 0.3) is 0 Å². The highest BCUT2D eigenvalue weighted by molar-refractivity contribution is 6.09. The van der Waals surface area contributed by atoms with Gasteiger partial charge in [-0.1, -0.05) is 0 Å². The second-order valence-electron chi connectivity index (χ2n) is 6.66. The van der Waals surface area contributed by atoms with Crippen LogP contribution in [-0.4, -0.2) is 35.2 Å². The molecule has 1 aliphatic heterocycles. The number of pyridine rings is 2. The second kappa shape index (κ2) is 4.93. The predicted molar refractivity (Wildman–Crippen MR) is 89.5 cm³/mol. The van der Waals surface area contributed by atoms with Gasteiger partial charge in [-0.2, -0.15) is 0 Å². The maximum Gasteiger partial charge on any atom is 0.329 e. The number of anilines is 2. The molecule has 0 aromatic carbocycles. The molecule has 24 heavy (non-hydrogen) atoms. The van der Waals surface area contributed by atoms with Gasteiger partial charge in [-0.25, -0.2) is 9.78 Å². The van der Waals surface area contributed by atoms with E-state index in [4.69, 9.17) is 4.74 Å². The van der Waals surface area contributed by atoms with Crippen LogP contribution >= 0.6 is 0 Å². The predicted octanol–water partition coefficient (Wildman–Crippen LogP) is 2.95. The third-order valence-corrected chi connectivity index (χ3v) is 5.11. The fraction of sp³-hybridized carbons (Fsp3) is 0.389. The fourth-order valence-corrected chi connectivity index (χ4v) is 3.71. The molecule has 3 fully saturated rings. The van der Waals surface area contributed by atoms with Crippen LogP contribution in [0.4, 0.5) is 16.2 Å². The number of amides is 2. The Morgan fingerprint density at radius 1 is 1.17 bits per heavy atom. The standard InChI is InChI=1S/C18H18N4O2/c1-24-17-8-12(4-7-20-17)21-14-9-15(14)22(18(21)23)16-10-19-6-5-13(16)11-2-3-11/h4-8,10-11,14-15H,2-3,9H2,1H3/t14-,15+/m0/s1. The summed E-state index contributed by atoms with van der Waals surface area (Å²) in [4.78, 5) is 25.3. The Balaban J connectivity index is 1.52. The van der Waals surface area contributed by atoms with E-state index in [9.17, 15) is 4.79 Å². The zero-order chi connectivity index (χ0) is 16.3. The molecular weight excluding hydrogens is 304 g/mol. The summed E-state index contributed by atoms with van der Waals surface area (Å²) in [7, 11) is 1.59. The Morgan fingerprint density at radius 3 is 2.79 bits per heavy atom. The molecule has 2 aromatic heterocycles. The van der Waals surface area contributed by atoms with E-state index < -0.39 is 0 Å². The van der Waals surface area contributed by atoms with Gasteiger partial charge in [0.2, 0.25) is 5.88 Å². The van der Waals surface area contributed by atoms with Crippen LogP contribution in [-0.2, 0) is 0 Å². The van der Waals surface area contributed by atoms with Crippen LogP contribution in [0.5, 0.6) is 5.88 Å². The molecule has 5 rings (SSSR count). The average molecular weight is 322 g/mol. The zero-order valence-electron chi connectivity index (χ0n) is 13.4. The molecule has 6 heteroatoms. The van der Waals surface area contributed by atoms with Gasteiger partial charge in [0, 0.05) is 18.5 Å². The van der Waals surface area contributed by atoms with Crippen LogP contribution in [0, 0.1) is 0 Å². The minimum Gasteiger partial charge on any atom is -0.481 e. The van der Waals surface area contributed by atoms with Gasteiger partial charge in [0.05, 0.1) is 36.8 Å². The van der Waals surface area contributed by atoms with Crippen molar-refractivity contribution in [2.24, 2.45) is 0 Å². The molecule has 6 nitrogen and oxygen atoms in total. The number of urea groups is 1. The van der Waals surface area contributed by atoms with Crippen molar-refractivity contribution in [3.8, 4) is 5.88 Å². The molecule has 1 saturated heterocycles. The summed E-state index contributed by atoms with van der Waals surface area (Å²) in [6.45, 7) is 0. The number of ether oxygens (including phenoxy) is 1. The van der Waals surface area contributed by atoms with E-state index in [-0.39, 0.29) is 18.1 Å². The van der Waals surface area contributed by atoms with E-state index in [1.54, 1.807) is 13.3 Å². The summed E-state index contributed by atoms with van der Waals surface area (Å²) < 4.78 is 5.20. The smallest absolute Gasteiger partial charge is 0.329 e. The maximum atomic E-state index is 13.1. The van der Waals surface area contributed by atoms with Gasteiger partial charge in [0.1, 0.15) is 0 Å². The number of carbonyl (C=O) groups excluding carboxylic acids is 1. The number of rotatable bonds is 4. The van der Waals surface area contributed by atoms with Crippen molar-refractivity contribution in [1.29, 1.82) is 0 Å². The van der Waals surface area contributed by atoms with Gasteiger partial charge in [-0.15, -0.1) is 0 Å². The zero-order valence-corrected chi connectivity index (χ0v) is 13.4. The number of carbonyl (C=O) groups is 1. The molecule has 3 heterocycles. The normalized spacial score (nSPS) is 25.0. The summed E-state index contributed by atoms with van der Waals surface area (Å²) in [6.07, 6.45) is 8.76. The quantitative estimate of drug-likeness (QED) is 0.868. The topological polar surface area (TPSA) is 58.6 Å². The highest BCUT2D eigenvalue weighted by atomic mass is 16.5. The number of hydrogen-bond acceptors (Lipinski definition) is 4. The lowest BCUT2D eigenvalue weighted by molar-refractivity contribution is 0.254. The number of fused-ring (bicyclic) bond motifs is 1. The van der Waals surface area contributed by atoms with Gasteiger partial charge < -0.3 is 4.74 Å². The van der Waals surface area contributed by atoms with E-state index in [2.05, 4.69) is 16.0 Å². The summed E-state index contributed by atoms with van der Waals surface area (Å²) in [5.74, 6) is 1.11. The third kappa shape index (κ3) is 1.99. The molecule has 3 aliphatic rings. The first-order chi connectivity index (χ1) is 11.8. The first-order valence-electron chi connectivity index (χ1n) is 8.34. The highest BCUT2D eigenvalue weighted by Gasteiger charge is 2.58. The number of methoxy groups -OCH3 is 1. The minimum atomic E-state index is 0.0272. The third-order valence-electron chi connectivity index (χ3n) is 5.11. The van der Waals surface area contributed by atoms with Crippen molar-refractivity contribution in [3.05, 3.63) is 42.4 Å². The van der Waals surface area contributed by atoms with Crippen molar-refractivity contribution in [1.82, 2.24) is 9.97 Å². The largest absolute Gasteiger partial charge is 0.481 e. The van der Waals surface area contributed by atoms with Crippen molar-refractivity contribution in [3.63, 3.8) is 0 Å². The summed E-state index contributed by atoms with van der Waals surface area (Å²) >= 11 is 0. The van der Waals surface area contributed by atoms with Crippen LogP contribution in [0.15, 0.2) is 36.8 Å². The lowest BCUT2D eigenvalue weighted by Gasteiger charge is -2.25. The molecule has 2 aliphatic carbocycles. The van der Waals surface area contributed by atoms with Crippen molar-refractivity contribution >= 4 is 17.4 Å². The molecule has 2 atom stereocenters. The second-order valence-corrected chi connectivity index (χ2v) is 6.66. The Labute approximate surface area is 140 Å². The maximum absolute atomic E-state index is 13.1. The van der Waals surface area contributed by atoms with Gasteiger partial charge in [-0.05, 0) is 42.9 Å². The number of hydrogen-bond donors (Lipinski definition) is 0. The van der Waals surface area contributed by atoms with Crippen LogP contribution in [0.3, 0.4) is 0 Å². The molecule has 0 N–H and O–H groups in total. The van der Waals surface area contributed by atoms with E-state index >= 15 is 0 Å². The van der Waals surface area contributed by atoms with E-state index in [1.807, 2.05) is 34.3 Å². The molecule has 2 saturated carbocycles. The molecule has 2 amide bonds. The lowest BCUT2D eigenvalue weighted by atomic mass is 10.1. The fourth-order valence-electron chi connectivity index (χ4n) is 3.71. The minimum absolute atomic E-state index is 0.0272. The molecule has 0 bridgehead atoms. The SMILES string of the molecule is COc1cc(N2C(=O)N(c3cnccc3C3CC3)[C@@H]3C[C@@H]32)ccn1. The molecule has 122 valence electrons. The van der Waals surface area contributed by atoms with E-state index in [0.717, 1.165) is 17.8 Å². The molecule has 0 spiro atoms. The Kier molecular flexibility index (Phi) is 2.83. The number of nitrogens with zero attached hydrogens (tertiary/aromatic N) is 4. The van der Waals surface area contributed by atoms with E-state index in [0.29, 0.717) is 11.8 Å². The molecule has 0 radical (unpaired) electrons.